The summed E-state index contributed by atoms with van der Waals surface area (Å²) < 4.78 is 5.47. The first-order valence-electron chi connectivity index (χ1n) is 8.74. The van der Waals surface area contributed by atoms with Crippen LogP contribution in [-0.4, -0.2) is 35.8 Å². The molecule has 0 unspecified atom stereocenters. The molecule has 1 heterocycles. The zero-order valence-corrected chi connectivity index (χ0v) is 14.5. The van der Waals surface area contributed by atoms with Crippen LogP contribution in [0.3, 0.4) is 0 Å². The lowest BCUT2D eigenvalue weighted by Crippen LogP contribution is -2.44. The molecule has 0 bridgehead atoms. The number of hydrogen-bond donors (Lipinski definition) is 1. The summed E-state index contributed by atoms with van der Waals surface area (Å²) in [5.41, 5.74) is 7.29. The van der Waals surface area contributed by atoms with Crippen LogP contribution >= 0.6 is 0 Å². The number of primary amides is 1. The minimum Gasteiger partial charge on any atom is -0.496 e. The summed E-state index contributed by atoms with van der Waals surface area (Å²) in [7, 11) is 1.63. The van der Waals surface area contributed by atoms with Crippen molar-refractivity contribution in [1.29, 1.82) is 0 Å². The predicted molar refractivity (Wildman–Crippen MR) is 91.9 cm³/mol. The number of carbonyl (C=O) groups is 2. The van der Waals surface area contributed by atoms with E-state index in [9.17, 15) is 9.59 Å². The fraction of sp³-hybridized carbons (Fsp3) is 0.579. The van der Waals surface area contributed by atoms with Crippen LogP contribution < -0.4 is 10.5 Å². The second-order valence-electron chi connectivity index (χ2n) is 7.02. The summed E-state index contributed by atoms with van der Waals surface area (Å²) in [6.45, 7) is 2.16. The van der Waals surface area contributed by atoms with E-state index in [2.05, 4.69) is 4.90 Å². The lowest BCUT2D eigenvalue weighted by molar-refractivity contribution is -0.123. The summed E-state index contributed by atoms with van der Waals surface area (Å²) >= 11 is 0. The van der Waals surface area contributed by atoms with Gasteiger partial charge in [0.15, 0.2) is 5.78 Å². The molecule has 3 atom stereocenters. The minimum absolute atomic E-state index is 0.0299. The molecule has 3 rings (SSSR count). The SMILES string of the molecule is COc1ccc(C(C)=O)cc1CN1[C@@H]2CCCC[C@@H]2C[C@H]1C(N)=O. The maximum Gasteiger partial charge on any atom is 0.234 e. The van der Waals surface area contributed by atoms with Crippen LogP contribution in [0.5, 0.6) is 5.75 Å². The van der Waals surface area contributed by atoms with Crippen molar-refractivity contribution in [2.75, 3.05) is 7.11 Å². The Hall–Kier alpha value is -1.88. The minimum atomic E-state index is -0.244. The molecule has 1 aliphatic heterocycles. The molecule has 130 valence electrons. The number of ether oxygens (including phenoxy) is 1. The van der Waals surface area contributed by atoms with Gasteiger partial charge < -0.3 is 10.5 Å². The molecule has 1 aliphatic carbocycles. The number of fused-ring (bicyclic) bond motifs is 1. The van der Waals surface area contributed by atoms with Crippen LogP contribution in [-0.2, 0) is 11.3 Å². The zero-order valence-electron chi connectivity index (χ0n) is 14.5. The van der Waals surface area contributed by atoms with Crippen LogP contribution in [0.2, 0.25) is 0 Å². The van der Waals surface area contributed by atoms with Crippen molar-refractivity contribution in [3.05, 3.63) is 29.3 Å². The molecule has 2 fully saturated rings. The summed E-state index contributed by atoms with van der Waals surface area (Å²) in [6, 6.07) is 5.68. The van der Waals surface area contributed by atoms with Crippen molar-refractivity contribution in [2.45, 2.75) is 57.7 Å². The van der Waals surface area contributed by atoms with Crippen LogP contribution in [0.15, 0.2) is 18.2 Å². The molecule has 2 N–H and O–H groups in total. The van der Waals surface area contributed by atoms with Crippen molar-refractivity contribution in [1.82, 2.24) is 4.90 Å². The highest BCUT2D eigenvalue weighted by molar-refractivity contribution is 5.94. The van der Waals surface area contributed by atoms with Gasteiger partial charge in [-0.2, -0.15) is 0 Å². The molecule has 5 nitrogen and oxygen atoms in total. The molecule has 1 aromatic rings. The van der Waals surface area contributed by atoms with Gasteiger partial charge in [0, 0.05) is 23.7 Å². The normalized spacial score (nSPS) is 26.8. The van der Waals surface area contributed by atoms with Crippen molar-refractivity contribution in [2.24, 2.45) is 11.7 Å². The molecule has 0 spiro atoms. The highest BCUT2D eigenvalue weighted by Gasteiger charge is 2.44. The van der Waals surface area contributed by atoms with E-state index < -0.39 is 0 Å². The van der Waals surface area contributed by atoms with Crippen molar-refractivity contribution in [3.63, 3.8) is 0 Å². The van der Waals surface area contributed by atoms with E-state index >= 15 is 0 Å². The zero-order chi connectivity index (χ0) is 17.3. The first-order valence-corrected chi connectivity index (χ1v) is 8.74. The Morgan fingerprint density at radius 3 is 2.71 bits per heavy atom. The van der Waals surface area contributed by atoms with E-state index in [4.69, 9.17) is 10.5 Å². The highest BCUT2D eigenvalue weighted by atomic mass is 16.5. The molecule has 0 radical (unpaired) electrons. The number of benzene rings is 1. The van der Waals surface area contributed by atoms with Gasteiger partial charge in [-0.25, -0.2) is 0 Å². The van der Waals surface area contributed by atoms with Gasteiger partial charge in [-0.05, 0) is 50.3 Å². The number of rotatable bonds is 5. The summed E-state index contributed by atoms with van der Waals surface area (Å²) in [5.74, 6) is 1.09. The number of carbonyl (C=O) groups excluding carboxylic acids is 2. The monoisotopic (exact) mass is 330 g/mol. The van der Waals surface area contributed by atoms with E-state index in [1.807, 2.05) is 12.1 Å². The fourth-order valence-electron chi connectivity index (χ4n) is 4.38. The van der Waals surface area contributed by atoms with E-state index in [1.54, 1.807) is 20.1 Å². The highest BCUT2D eigenvalue weighted by Crippen LogP contribution is 2.41. The van der Waals surface area contributed by atoms with E-state index in [0.29, 0.717) is 24.1 Å². The summed E-state index contributed by atoms with van der Waals surface area (Å²) in [4.78, 5) is 25.9. The molecule has 1 amide bonds. The van der Waals surface area contributed by atoms with Crippen LogP contribution in [0, 0.1) is 5.92 Å². The maximum atomic E-state index is 12.0. The van der Waals surface area contributed by atoms with Gasteiger partial charge in [0.25, 0.3) is 0 Å². The molecular formula is C19H26N2O3. The van der Waals surface area contributed by atoms with Crippen LogP contribution in [0.4, 0.5) is 0 Å². The van der Waals surface area contributed by atoms with Crippen LogP contribution in [0.1, 0.15) is 54.9 Å². The first-order chi connectivity index (χ1) is 11.5. The lowest BCUT2D eigenvalue weighted by atomic mass is 9.84. The summed E-state index contributed by atoms with van der Waals surface area (Å²) in [6.07, 6.45) is 5.59. The van der Waals surface area contributed by atoms with E-state index in [0.717, 1.165) is 24.2 Å². The molecule has 2 aliphatic rings. The summed E-state index contributed by atoms with van der Waals surface area (Å²) in [5, 5.41) is 0. The Morgan fingerprint density at radius 1 is 1.29 bits per heavy atom. The smallest absolute Gasteiger partial charge is 0.234 e. The van der Waals surface area contributed by atoms with Crippen molar-refractivity contribution < 1.29 is 14.3 Å². The number of amides is 1. The Kier molecular flexibility index (Phi) is 4.90. The molecule has 1 saturated carbocycles. The molecule has 24 heavy (non-hydrogen) atoms. The molecule has 5 heteroatoms. The van der Waals surface area contributed by atoms with E-state index in [-0.39, 0.29) is 17.7 Å². The first kappa shape index (κ1) is 17.0. The van der Waals surface area contributed by atoms with Gasteiger partial charge in [0.05, 0.1) is 13.2 Å². The van der Waals surface area contributed by atoms with Crippen LogP contribution in [0.25, 0.3) is 0 Å². The Bertz CT molecular complexity index is 643. The van der Waals surface area contributed by atoms with Crippen molar-refractivity contribution >= 4 is 11.7 Å². The molecule has 1 saturated heterocycles. The number of likely N-dealkylation sites (tertiary alicyclic amines) is 1. The third-order valence-corrected chi connectivity index (χ3v) is 5.59. The Labute approximate surface area is 143 Å². The number of nitrogens with two attached hydrogens (primary N) is 1. The second kappa shape index (κ2) is 6.93. The fourth-order valence-corrected chi connectivity index (χ4v) is 4.38. The van der Waals surface area contributed by atoms with Gasteiger partial charge in [-0.15, -0.1) is 0 Å². The lowest BCUT2D eigenvalue weighted by Gasteiger charge is -2.33. The average molecular weight is 330 g/mol. The Balaban J connectivity index is 1.91. The molecule has 1 aromatic carbocycles. The average Bonchev–Trinajstić information content (AvgIpc) is 2.94. The third-order valence-electron chi connectivity index (χ3n) is 5.59. The predicted octanol–water partition coefficient (Wildman–Crippen LogP) is 2.52. The number of hydrogen-bond acceptors (Lipinski definition) is 4. The maximum absolute atomic E-state index is 12.0. The largest absolute Gasteiger partial charge is 0.496 e. The van der Waals surface area contributed by atoms with Gasteiger partial charge in [0.2, 0.25) is 5.91 Å². The van der Waals surface area contributed by atoms with Crippen molar-refractivity contribution in [3.8, 4) is 5.75 Å². The van der Waals surface area contributed by atoms with Gasteiger partial charge in [-0.3, -0.25) is 14.5 Å². The molecule has 0 aromatic heterocycles. The number of ketones is 1. The molecular weight excluding hydrogens is 304 g/mol. The quantitative estimate of drug-likeness (QED) is 0.842. The van der Waals surface area contributed by atoms with Gasteiger partial charge >= 0.3 is 0 Å². The Morgan fingerprint density at radius 2 is 2.04 bits per heavy atom. The number of methoxy groups -OCH3 is 1. The third kappa shape index (κ3) is 3.18. The van der Waals surface area contributed by atoms with Gasteiger partial charge in [-0.1, -0.05) is 12.8 Å². The van der Waals surface area contributed by atoms with Gasteiger partial charge in [0.1, 0.15) is 5.75 Å². The second-order valence-corrected chi connectivity index (χ2v) is 7.02. The van der Waals surface area contributed by atoms with E-state index in [1.165, 1.54) is 19.3 Å². The topological polar surface area (TPSA) is 72.6 Å². The number of Topliss-reactive ketones (excluding diaryl/α,β-unsaturated/α-hetero) is 1. The number of nitrogens with zero attached hydrogens (tertiary/aromatic N) is 1. The standard InChI is InChI=1S/C19H26N2O3/c1-12(22)13-7-8-18(24-2)15(9-13)11-21-16-6-4-3-5-14(16)10-17(21)19(20)23/h7-9,14,16-17H,3-6,10-11H2,1-2H3,(H2,20,23)/t14-,16-,17+/m1/s1.